The zero-order chi connectivity index (χ0) is 17.3. The normalized spacial score (nSPS) is 10.6. The smallest absolute Gasteiger partial charge is 0.153 e. The van der Waals surface area contributed by atoms with Crippen LogP contribution in [0.4, 0.5) is 10.2 Å². The van der Waals surface area contributed by atoms with Gasteiger partial charge in [0.25, 0.3) is 0 Å². The second kappa shape index (κ2) is 7.70. The number of aryl methyl sites for hydroxylation is 1. The minimum absolute atomic E-state index is 0. The van der Waals surface area contributed by atoms with E-state index in [0.29, 0.717) is 6.54 Å². The Balaban J connectivity index is 0.00000225. The van der Waals surface area contributed by atoms with E-state index in [9.17, 15) is 4.39 Å². The highest BCUT2D eigenvalue weighted by Crippen LogP contribution is 2.31. The van der Waals surface area contributed by atoms with Crippen LogP contribution >= 0.6 is 12.4 Å². The van der Waals surface area contributed by atoms with E-state index < -0.39 is 0 Å². The first kappa shape index (κ1) is 19.0. The third kappa shape index (κ3) is 3.54. The Morgan fingerprint density at radius 3 is 2.52 bits per heavy atom. The molecule has 0 fully saturated rings. The molecule has 0 aliphatic rings. The number of hydrogen-bond acceptors (Lipinski definition) is 2. The van der Waals surface area contributed by atoms with Crippen LogP contribution in [0.2, 0.25) is 0 Å². The van der Waals surface area contributed by atoms with Crippen LogP contribution in [0, 0.1) is 19.7 Å². The highest BCUT2D eigenvalue weighted by Gasteiger charge is 2.17. The van der Waals surface area contributed by atoms with Crippen molar-refractivity contribution in [3.8, 4) is 0 Å². The van der Waals surface area contributed by atoms with Gasteiger partial charge in [0.1, 0.15) is 5.82 Å². The molecule has 3 aromatic rings. The Kier molecular flexibility index (Phi) is 5.85. The predicted octanol–water partition coefficient (Wildman–Crippen LogP) is 5.04. The molecule has 0 unspecified atom stereocenters. The Morgan fingerprint density at radius 1 is 1.20 bits per heavy atom. The average molecular weight is 360 g/mol. The Morgan fingerprint density at radius 2 is 1.88 bits per heavy atom. The van der Waals surface area contributed by atoms with Gasteiger partial charge in [0.05, 0.1) is 5.52 Å². The summed E-state index contributed by atoms with van der Waals surface area (Å²) in [7, 11) is 2.01. The lowest BCUT2D eigenvalue weighted by Gasteiger charge is -2.20. The highest BCUT2D eigenvalue weighted by molar-refractivity contribution is 5.93. The molecule has 0 aliphatic heterocycles. The molecule has 3 nitrogen and oxygen atoms in total. The van der Waals surface area contributed by atoms with Crippen molar-refractivity contribution in [1.29, 1.82) is 0 Å². The number of pyridine rings is 1. The zero-order valence-corrected chi connectivity index (χ0v) is 15.6. The lowest BCUT2D eigenvalue weighted by molar-refractivity contribution is 0.627. The van der Waals surface area contributed by atoms with Gasteiger partial charge in [-0.1, -0.05) is 18.2 Å². The maximum absolute atomic E-state index is 13.1. The zero-order valence-electron chi connectivity index (χ0n) is 14.8. The summed E-state index contributed by atoms with van der Waals surface area (Å²) >= 11 is 0. The molecule has 0 N–H and O–H groups in total. The van der Waals surface area contributed by atoms with E-state index in [-0.39, 0.29) is 18.2 Å². The molecular formula is C20H23ClFN3. The Bertz CT molecular complexity index is 884. The minimum Gasteiger partial charge on any atom is -0.354 e. The largest absolute Gasteiger partial charge is 0.354 e. The molecule has 25 heavy (non-hydrogen) atoms. The molecule has 0 amide bonds. The minimum atomic E-state index is -0.215. The SMILES string of the molecule is C=CCn1c(C)c(C)c2ccnc(N(C)Cc3ccc(F)cc3)c21.Cl. The molecule has 3 rings (SSSR count). The molecule has 0 bridgehead atoms. The van der Waals surface area contributed by atoms with E-state index in [0.717, 1.165) is 23.4 Å². The number of nitrogens with zero attached hydrogens (tertiary/aromatic N) is 3. The van der Waals surface area contributed by atoms with Crippen LogP contribution in [0.5, 0.6) is 0 Å². The third-order valence-corrected chi connectivity index (χ3v) is 4.53. The lowest BCUT2D eigenvalue weighted by Crippen LogP contribution is -2.19. The molecule has 5 heteroatoms. The van der Waals surface area contributed by atoms with Gasteiger partial charge >= 0.3 is 0 Å². The van der Waals surface area contributed by atoms with Gasteiger partial charge in [0.2, 0.25) is 0 Å². The lowest BCUT2D eigenvalue weighted by atomic mass is 10.2. The number of halogens is 2. The van der Waals surface area contributed by atoms with Crippen LogP contribution in [0.3, 0.4) is 0 Å². The third-order valence-electron chi connectivity index (χ3n) is 4.53. The quantitative estimate of drug-likeness (QED) is 0.595. The summed E-state index contributed by atoms with van der Waals surface area (Å²) in [6.07, 6.45) is 3.76. The van der Waals surface area contributed by atoms with Crippen molar-refractivity contribution >= 4 is 29.1 Å². The number of fused-ring (bicyclic) bond motifs is 1. The van der Waals surface area contributed by atoms with E-state index in [1.54, 1.807) is 0 Å². The van der Waals surface area contributed by atoms with Gasteiger partial charge in [-0.25, -0.2) is 9.37 Å². The van der Waals surface area contributed by atoms with Crippen LogP contribution in [0.25, 0.3) is 10.9 Å². The van der Waals surface area contributed by atoms with Gasteiger partial charge < -0.3 is 9.47 Å². The first-order chi connectivity index (χ1) is 11.5. The number of anilines is 1. The van der Waals surface area contributed by atoms with E-state index in [2.05, 4.69) is 40.9 Å². The van der Waals surface area contributed by atoms with Crippen LogP contribution < -0.4 is 4.90 Å². The summed E-state index contributed by atoms with van der Waals surface area (Å²) in [5, 5.41) is 1.21. The number of hydrogen-bond donors (Lipinski definition) is 0. The first-order valence-corrected chi connectivity index (χ1v) is 8.03. The number of aromatic nitrogens is 2. The van der Waals surface area contributed by atoms with Crippen molar-refractivity contribution in [3.63, 3.8) is 0 Å². The highest BCUT2D eigenvalue weighted by atomic mass is 35.5. The molecule has 2 heterocycles. The van der Waals surface area contributed by atoms with E-state index in [1.165, 1.54) is 28.8 Å². The van der Waals surface area contributed by atoms with Crippen molar-refractivity contribution in [2.75, 3.05) is 11.9 Å². The predicted molar refractivity (Wildman–Crippen MR) is 105 cm³/mol. The molecule has 0 spiro atoms. The fourth-order valence-corrected chi connectivity index (χ4v) is 3.15. The van der Waals surface area contributed by atoms with Gasteiger partial charge in [-0.15, -0.1) is 19.0 Å². The second-order valence-corrected chi connectivity index (χ2v) is 6.12. The molecule has 0 atom stereocenters. The molecular weight excluding hydrogens is 337 g/mol. The van der Waals surface area contributed by atoms with Crippen molar-refractivity contribution in [3.05, 3.63) is 71.8 Å². The number of benzene rings is 1. The van der Waals surface area contributed by atoms with Gasteiger partial charge in [-0.05, 0) is 43.2 Å². The van der Waals surface area contributed by atoms with E-state index in [4.69, 9.17) is 0 Å². The number of allylic oxidation sites excluding steroid dienone is 1. The Labute approximate surface area is 154 Å². The summed E-state index contributed by atoms with van der Waals surface area (Å²) in [5.74, 6) is 0.711. The molecule has 0 aliphatic carbocycles. The maximum atomic E-state index is 13.1. The summed E-state index contributed by atoms with van der Waals surface area (Å²) < 4.78 is 15.4. The molecule has 0 saturated heterocycles. The average Bonchev–Trinajstić information content (AvgIpc) is 2.82. The molecule has 132 valence electrons. The van der Waals surface area contributed by atoms with Crippen molar-refractivity contribution in [2.24, 2.45) is 0 Å². The second-order valence-electron chi connectivity index (χ2n) is 6.12. The van der Waals surface area contributed by atoms with Crippen LogP contribution in [-0.4, -0.2) is 16.6 Å². The standard InChI is InChI=1S/C20H22FN3.ClH/c1-5-12-24-15(3)14(2)18-10-11-22-20(19(18)24)23(4)13-16-6-8-17(21)9-7-16;/h5-11H,1,12-13H2,2-4H3;1H. The number of rotatable bonds is 5. The van der Waals surface area contributed by atoms with Gasteiger partial charge in [-0.3, -0.25) is 0 Å². The molecule has 0 radical (unpaired) electrons. The molecule has 2 aromatic heterocycles. The van der Waals surface area contributed by atoms with Crippen LogP contribution in [0.15, 0.2) is 49.2 Å². The van der Waals surface area contributed by atoms with Gasteiger partial charge in [0.15, 0.2) is 5.82 Å². The Hall–Kier alpha value is -2.33. The van der Waals surface area contributed by atoms with Crippen LogP contribution in [-0.2, 0) is 13.1 Å². The fraction of sp³-hybridized carbons (Fsp3) is 0.250. The van der Waals surface area contributed by atoms with Gasteiger partial charge in [0, 0.05) is 37.4 Å². The summed E-state index contributed by atoms with van der Waals surface area (Å²) in [6.45, 7) is 9.56. The summed E-state index contributed by atoms with van der Waals surface area (Å²) in [6, 6.07) is 8.67. The van der Waals surface area contributed by atoms with E-state index in [1.807, 2.05) is 31.5 Å². The van der Waals surface area contributed by atoms with Crippen LogP contribution in [0.1, 0.15) is 16.8 Å². The molecule has 1 aromatic carbocycles. The summed E-state index contributed by atoms with van der Waals surface area (Å²) in [4.78, 5) is 6.72. The first-order valence-electron chi connectivity index (χ1n) is 8.03. The topological polar surface area (TPSA) is 21.1 Å². The monoisotopic (exact) mass is 359 g/mol. The maximum Gasteiger partial charge on any atom is 0.153 e. The van der Waals surface area contributed by atoms with Gasteiger partial charge in [-0.2, -0.15) is 0 Å². The van der Waals surface area contributed by atoms with Crippen molar-refractivity contribution < 1.29 is 4.39 Å². The fourth-order valence-electron chi connectivity index (χ4n) is 3.15. The van der Waals surface area contributed by atoms with Crippen molar-refractivity contribution in [1.82, 2.24) is 9.55 Å². The van der Waals surface area contributed by atoms with E-state index >= 15 is 0 Å². The summed E-state index contributed by atoms with van der Waals surface area (Å²) in [5.41, 5.74) is 4.67. The molecule has 0 saturated carbocycles. The van der Waals surface area contributed by atoms with Crippen molar-refractivity contribution in [2.45, 2.75) is 26.9 Å².